The summed E-state index contributed by atoms with van der Waals surface area (Å²) in [7, 11) is 0. The van der Waals surface area contributed by atoms with Crippen molar-refractivity contribution in [2.75, 3.05) is 42.7 Å². The number of nitrogens with two attached hydrogens (primary N) is 2. The second-order valence-electron chi connectivity index (χ2n) is 7.57. The van der Waals surface area contributed by atoms with Crippen molar-refractivity contribution < 1.29 is 4.74 Å². The van der Waals surface area contributed by atoms with Gasteiger partial charge >= 0.3 is 0 Å². The third-order valence-corrected chi connectivity index (χ3v) is 6.93. The van der Waals surface area contributed by atoms with E-state index in [1.165, 1.54) is 18.2 Å². The number of aromatic nitrogens is 3. The molecule has 0 bridgehead atoms. The lowest BCUT2D eigenvalue weighted by Crippen LogP contribution is -2.41. The first-order chi connectivity index (χ1) is 13.0. The average Bonchev–Trinajstić information content (AvgIpc) is 3.09. The van der Waals surface area contributed by atoms with Crippen LogP contribution in [0.3, 0.4) is 0 Å². The molecule has 4 rings (SSSR count). The van der Waals surface area contributed by atoms with E-state index >= 15 is 0 Å². The number of anilines is 3. The van der Waals surface area contributed by atoms with Crippen molar-refractivity contribution in [1.29, 1.82) is 0 Å². The van der Waals surface area contributed by atoms with Gasteiger partial charge in [-0.3, -0.25) is 0 Å². The summed E-state index contributed by atoms with van der Waals surface area (Å²) < 4.78 is 5.61. The maximum atomic E-state index is 6.23. The Bertz CT molecular complexity index is 842. The first-order valence-corrected chi connectivity index (χ1v) is 10.1. The number of ether oxygens (including phenoxy) is 1. The molecule has 2 saturated heterocycles. The molecule has 2 fully saturated rings. The fourth-order valence-corrected chi connectivity index (χ4v) is 4.75. The Morgan fingerprint density at radius 1 is 1.15 bits per heavy atom. The Kier molecular flexibility index (Phi) is 4.86. The van der Waals surface area contributed by atoms with Crippen LogP contribution in [0.1, 0.15) is 30.5 Å². The Labute approximate surface area is 163 Å². The lowest BCUT2D eigenvalue weighted by molar-refractivity contribution is 0.133. The number of pyridine rings is 1. The monoisotopic (exact) mass is 386 g/mol. The highest BCUT2D eigenvalue weighted by Crippen LogP contribution is 2.40. The predicted octanol–water partition coefficient (Wildman–Crippen LogP) is 2.81. The fraction of sp³-hybridized carbons (Fsp3) is 0.526. The topological polar surface area (TPSA) is 103 Å². The van der Waals surface area contributed by atoms with Crippen molar-refractivity contribution in [2.45, 2.75) is 43.0 Å². The summed E-state index contributed by atoms with van der Waals surface area (Å²) in [5, 5.41) is 0.699. The molecule has 1 spiro atoms. The number of piperidine rings is 1. The zero-order valence-corrected chi connectivity index (χ0v) is 16.7. The molecule has 2 aliphatic rings. The minimum absolute atomic E-state index is 0.377. The summed E-state index contributed by atoms with van der Waals surface area (Å²) in [6.45, 7) is 7.73. The van der Waals surface area contributed by atoms with Gasteiger partial charge in [0.05, 0.1) is 12.8 Å². The molecule has 8 heteroatoms. The van der Waals surface area contributed by atoms with Gasteiger partial charge in [-0.1, -0.05) is 11.8 Å². The Hall–Kier alpha value is -2.06. The number of nitrogens with zero attached hydrogens (tertiary/aromatic N) is 4. The molecular formula is C19H26N6OS. The van der Waals surface area contributed by atoms with E-state index in [4.69, 9.17) is 16.2 Å². The molecule has 0 unspecified atom stereocenters. The van der Waals surface area contributed by atoms with Crippen LogP contribution in [0.4, 0.5) is 17.5 Å². The van der Waals surface area contributed by atoms with Gasteiger partial charge in [0.2, 0.25) is 0 Å². The number of aryl methyl sites for hydroxylation is 1. The summed E-state index contributed by atoms with van der Waals surface area (Å²) in [5.74, 6) is 1.81. The van der Waals surface area contributed by atoms with Crippen LogP contribution < -0.4 is 16.4 Å². The quantitative estimate of drug-likeness (QED) is 0.830. The van der Waals surface area contributed by atoms with Crippen molar-refractivity contribution in [3.63, 3.8) is 0 Å². The normalized spacial score (nSPS) is 19.0. The molecule has 7 nitrogen and oxygen atoms in total. The van der Waals surface area contributed by atoms with Crippen molar-refractivity contribution in [3.8, 4) is 0 Å². The van der Waals surface area contributed by atoms with E-state index in [9.17, 15) is 0 Å². The van der Waals surface area contributed by atoms with Crippen molar-refractivity contribution in [3.05, 3.63) is 23.5 Å². The first kappa shape index (κ1) is 18.3. The van der Waals surface area contributed by atoms with Crippen LogP contribution in [0.25, 0.3) is 0 Å². The van der Waals surface area contributed by atoms with Crippen LogP contribution >= 0.6 is 11.8 Å². The Morgan fingerprint density at radius 3 is 2.59 bits per heavy atom. The van der Waals surface area contributed by atoms with Gasteiger partial charge in [-0.15, -0.1) is 0 Å². The van der Waals surface area contributed by atoms with Crippen molar-refractivity contribution in [1.82, 2.24) is 15.0 Å². The molecule has 144 valence electrons. The van der Waals surface area contributed by atoms with Crippen molar-refractivity contribution >= 4 is 29.2 Å². The van der Waals surface area contributed by atoms with Crippen LogP contribution in [0.15, 0.2) is 22.2 Å². The van der Waals surface area contributed by atoms with Crippen LogP contribution in [0.5, 0.6) is 0 Å². The molecule has 0 amide bonds. The highest BCUT2D eigenvalue weighted by molar-refractivity contribution is 7.99. The maximum absolute atomic E-state index is 6.23. The molecule has 2 aromatic rings. The largest absolute Gasteiger partial charge is 0.384 e. The maximum Gasteiger partial charge on any atom is 0.158 e. The van der Waals surface area contributed by atoms with E-state index in [2.05, 4.69) is 19.9 Å². The highest BCUT2D eigenvalue weighted by Gasteiger charge is 2.38. The molecule has 0 aliphatic carbocycles. The molecule has 0 saturated carbocycles. The van der Waals surface area contributed by atoms with E-state index in [-0.39, 0.29) is 0 Å². The molecule has 2 aliphatic heterocycles. The standard InChI is InChI=1S/C19H26N6OS/c1-12-13(2)23-15(20)9-14(12)27-18-17(21)24-16(10-22-18)25-6-3-19(4-7-25)5-8-26-11-19/h9-10H,3-8,11H2,1-2H3,(H2,20,23)(H2,21,24). The Morgan fingerprint density at radius 2 is 1.93 bits per heavy atom. The molecule has 2 aromatic heterocycles. The average molecular weight is 387 g/mol. The molecule has 4 heterocycles. The summed E-state index contributed by atoms with van der Waals surface area (Å²) in [6, 6.07) is 1.86. The van der Waals surface area contributed by atoms with E-state index in [1.54, 1.807) is 0 Å². The zero-order chi connectivity index (χ0) is 19.0. The van der Waals surface area contributed by atoms with E-state index in [0.717, 1.165) is 61.1 Å². The second-order valence-corrected chi connectivity index (χ2v) is 8.60. The van der Waals surface area contributed by atoms with Gasteiger partial charge in [0.25, 0.3) is 0 Å². The van der Waals surface area contributed by atoms with Gasteiger partial charge in [-0.25, -0.2) is 15.0 Å². The minimum Gasteiger partial charge on any atom is -0.384 e. The van der Waals surface area contributed by atoms with Crippen LogP contribution in [0.2, 0.25) is 0 Å². The first-order valence-electron chi connectivity index (χ1n) is 9.33. The third kappa shape index (κ3) is 3.68. The molecule has 0 radical (unpaired) electrons. The highest BCUT2D eigenvalue weighted by atomic mass is 32.2. The predicted molar refractivity (Wildman–Crippen MR) is 108 cm³/mol. The lowest BCUT2D eigenvalue weighted by atomic mass is 9.78. The van der Waals surface area contributed by atoms with E-state index in [1.807, 2.05) is 26.1 Å². The number of hydrogen-bond acceptors (Lipinski definition) is 8. The number of hydrogen-bond donors (Lipinski definition) is 2. The summed E-state index contributed by atoms with van der Waals surface area (Å²) in [6.07, 6.45) is 5.28. The van der Waals surface area contributed by atoms with E-state index < -0.39 is 0 Å². The number of nitrogen functional groups attached to an aromatic ring is 2. The fourth-order valence-electron chi connectivity index (χ4n) is 3.81. The van der Waals surface area contributed by atoms with Gasteiger partial charge in [-0.05, 0) is 50.2 Å². The second kappa shape index (κ2) is 7.16. The molecule has 4 N–H and O–H groups in total. The van der Waals surface area contributed by atoms with Crippen LogP contribution in [0, 0.1) is 19.3 Å². The van der Waals surface area contributed by atoms with Gasteiger partial charge < -0.3 is 21.1 Å². The van der Waals surface area contributed by atoms with Gasteiger partial charge in [-0.2, -0.15) is 0 Å². The third-order valence-electron chi connectivity index (χ3n) is 5.78. The number of rotatable bonds is 3. The van der Waals surface area contributed by atoms with Gasteiger partial charge in [0.1, 0.15) is 16.7 Å². The minimum atomic E-state index is 0.377. The molecule has 27 heavy (non-hydrogen) atoms. The van der Waals surface area contributed by atoms with E-state index in [0.29, 0.717) is 22.1 Å². The Balaban J connectivity index is 1.48. The van der Waals surface area contributed by atoms with Crippen LogP contribution in [-0.4, -0.2) is 41.3 Å². The summed E-state index contributed by atoms with van der Waals surface area (Å²) in [5.41, 5.74) is 14.5. The molecule has 0 aromatic carbocycles. The SMILES string of the molecule is Cc1nc(N)cc(Sc2ncc(N3CCC4(CCOC4)CC3)nc2N)c1C. The smallest absolute Gasteiger partial charge is 0.158 e. The van der Waals surface area contributed by atoms with Crippen molar-refractivity contribution in [2.24, 2.45) is 5.41 Å². The van der Waals surface area contributed by atoms with Gasteiger partial charge in [0, 0.05) is 30.3 Å². The molecule has 0 atom stereocenters. The zero-order valence-electron chi connectivity index (χ0n) is 15.9. The summed E-state index contributed by atoms with van der Waals surface area (Å²) in [4.78, 5) is 16.8. The summed E-state index contributed by atoms with van der Waals surface area (Å²) >= 11 is 1.49. The molecular weight excluding hydrogens is 360 g/mol. The van der Waals surface area contributed by atoms with Crippen LogP contribution in [-0.2, 0) is 4.74 Å². The lowest BCUT2D eigenvalue weighted by Gasteiger charge is -2.38. The van der Waals surface area contributed by atoms with Gasteiger partial charge in [0.15, 0.2) is 5.82 Å².